The maximum absolute atomic E-state index is 15.6. The number of aryl methyl sites for hydroxylation is 2. The van der Waals surface area contributed by atoms with Crippen LogP contribution in [0.4, 0.5) is 24.8 Å². The van der Waals surface area contributed by atoms with Crippen molar-refractivity contribution in [3.05, 3.63) is 63.9 Å². The van der Waals surface area contributed by atoms with Crippen LogP contribution in [-0.2, 0) is 17.1 Å². The van der Waals surface area contributed by atoms with E-state index in [1.165, 1.54) is 18.5 Å². The van der Waals surface area contributed by atoms with Gasteiger partial charge in [-0.3, -0.25) is 0 Å². The van der Waals surface area contributed by atoms with Gasteiger partial charge in [0.15, 0.2) is 11.6 Å². The first-order chi connectivity index (χ1) is 22.3. The molecule has 0 spiro atoms. The highest BCUT2D eigenvalue weighted by Gasteiger charge is 2.39. The van der Waals surface area contributed by atoms with Gasteiger partial charge in [-0.05, 0) is 85.6 Å². The van der Waals surface area contributed by atoms with Crippen molar-refractivity contribution in [1.82, 2.24) is 15.0 Å². The number of hydrogen-bond acceptors (Lipinski definition) is 7. The average Bonchev–Trinajstić information content (AvgIpc) is 3.61. The molecule has 254 valence electrons. The number of fused-ring (bicyclic) bond motifs is 1. The lowest BCUT2D eigenvalue weighted by Gasteiger charge is -2.25. The van der Waals surface area contributed by atoms with E-state index in [1.807, 2.05) is 19.1 Å². The molecule has 3 aromatic rings. The highest BCUT2D eigenvalue weighted by molar-refractivity contribution is 6.33. The third kappa shape index (κ3) is 7.98. The SMILES string of the molecule is CCC(CC1CO[C@H](C(O)CC(C)CC)[C@@H]1C)=Nc1nc(NC2CCc3cc(-c4cnc(C(C)(F)F)nc4)cc(F)c32)c(Cl)cc1C. The summed E-state index contributed by atoms with van der Waals surface area (Å²) in [5.74, 6) is -2.25. The van der Waals surface area contributed by atoms with Crippen molar-refractivity contribution in [2.45, 2.75) is 104 Å². The fourth-order valence-electron chi connectivity index (χ4n) is 6.63. The van der Waals surface area contributed by atoms with Gasteiger partial charge < -0.3 is 15.2 Å². The Hall–Kier alpha value is -3.08. The average molecular weight is 672 g/mol. The Balaban J connectivity index is 1.32. The molecule has 3 heterocycles. The quantitative estimate of drug-likeness (QED) is 0.187. The molecule has 0 amide bonds. The Morgan fingerprint density at radius 3 is 2.57 bits per heavy atom. The second kappa shape index (κ2) is 14.6. The van der Waals surface area contributed by atoms with Crippen LogP contribution >= 0.6 is 11.6 Å². The number of ether oxygens (including phenoxy) is 1. The van der Waals surface area contributed by atoms with E-state index in [-0.39, 0.29) is 24.0 Å². The number of pyridine rings is 1. The summed E-state index contributed by atoms with van der Waals surface area (Å²) in [6.07, 6.45) is 6.44. The van der Waals surface area contributed by atoms with Crippen LogP contribution in [0.25, 0.3) is 11.1 Å². The molecule has 47 heavy (non-hydrogen) atoms. The minimum atomic E-state index is -3.15. The van der Waals surface area contributed by atoms with Gasteiger partial charge in [-0.15, -0.1) is 0 Å². The van der Waals surface area contributed by atoms with Gasteiger partial charge in [0.2, 0.25) is 0 Å². The van der Waals surface area contributed by atoms with Gasteiger partial charge in [0.1, 0.15) is 11.6 Å². The standard InChI is InChI=1S/C36H45ClF3N5O2/c1-7-19(3)11-30(46)32-21(5)24(18-47-32)14-26(8-2)43-33-20(4)12-27(37)34(45-33)44-29-10-9-22-13-23(15-28(38)31(22)29)25-16-41-35(42-17-25)36(6,39)40/h12-13,15-17,19,21,24,29-30,32,46H,7-11,14,18H2,1-6H3,(H,44,45)/t19?,21-,24?,29?,30?,32+/m1/s1. The summed E-state index contributed by atoms with van der Waals surface area (Å²) in [4.78, 5) is 17.3. The maximum atomic E-state index is 15.6. The summed E-state index contributed by atoms with van der Waals surface area (Å²) in [5.41, 5.74) is 4.17. The molecule has 1 saturated heterocycles. The molecule has 2 aliphatic rings. The zero-order valence-corrected chi connectivity index (χ0v) is 28.7. The summed E-state index contributed by atoms with van der Waals surface area (Å²) in [6, 6.07) is 4.71. The van der Waals surface area contributed by atoms with Crippen LogP contribution in [-0.4, -0.2) is 44.6 Å². The molecule has 0 radical (unpaired) electrons. The number of nitrogens with one attached hydrogen (secondary N) is 1. The van der Waals surface area contributed by atoms with Crippen LogP contribution in [0, 0.1) is 30.5 Å². The lowest BCUT2D eigenvalue weighted by atomic mass is 9.84. The van der Waals surface area contributed by atoms with E-state index in [2.05, 4.69) is 43.0 Å². The predicted molar refractivity (Wildman–Crippen MR) is 180 cm³/mol. The maximum Gasteiger partial charge on any atom is 0.303 e. The number of aliphatic imine (C=N–C) groups is 1. The van der Waals surface area contributed by atoms with Gasteiger partial charge in [-0.25, -0.2) is 24.3 Å². The van der Waals surface area contributed by atoms with Crippen LogP contribution in [0.2, 0.25) is 5.02 Å². The zero-order valence-electron chi connectivity index (χ0n) is 28.0. The van der Waals surface area contributed by atoms with Crippen LogP contribution in [0.1, 0.15) is 95.3 Å². The topological polar surface area (TPSA) is 92.5 Å². The number of rotatable bonds is 12. The smallest absolute Gasteiger partial charge is 0.303 e. The summed E-state index contributed by atoms with van der Waals surface area (Å²) in [5, 5.41) is 14.6. The Kier molecular flexibility index (Phi) is 10.9. The molecule has 2 aromatic heterocycles. The molecule has 7 nitrogen and oxygen atoms in total. The van der Waals surface area contributed by atoms with Gasteiger partial charge in [0.25, 0.3) is 0 Å². The molecule has 6 atom stereocenters. The Morgan fingerprint density at radius 1 is 1.19 bits per heavy atom. The van der Waals surface area contributed by atoms with Crippen LogP contribution < -0.4 is 5.32 Å². The fourth-order valence-corrected chi connectivity index (χ4v) is 6.89. The third-order valence-electron chi connectivity index (χ3n) is 9.75. The molecule has 4 unspecified atom stereocenters. The van der Waals surface area contributed by atoms with Crippen LogP contribution in [0.15, 0.2) is 35.6 Å². The Labute approximate surface area is 280 Å². The summed E-state index contributed by atoms with van der Waals surface area (Å²) in [6.45, 7) is 11.8. The van der Waals surface area contributed by atoms with Crippen LogP contribution in [0.5, 0.6) is 0 Å². The molecule has 1 aliphatic carbocycles. The van der Waals surface area contributed by atoms with E-state index < -0.39 is 23.7 Å². The molecule has 1 aromatic carbocycles. The van der Waals surface area contributed by atoms with Crippen molar-refractivity contribution >= 4 is 28.9 Å². The number of aliphatic hydroxyl groups excluding tert-OH is 1. The zero-order chi connectivity index (χ0) is 34.0. The van der Waals surface area contributed by atoms with Crippen LogP contribution in [0.3, 0.4) is 0 Å². The highest BCUT2D eigenvalue weighted by Crippen LogP contribution is 2.40. The predicted octanol–water partition coefficient (Wildman–Crippen LogP) is 9.17. The van der Waals surface area contributed by atoms with Crippen molar-refractivity contribution in [2.24, 2.45) is 22.7 Å². The summed E-state index contributed by atoms with van der Waals surface area (Å²) < 4.78 is 48.8. The number of hydrogen-bond donors (Lipinski definition) is 2. The lowest BCUT2D eigenvalue weighted by Crippen LogP contribution is -2.33. The fraction of sp³-hybridized carbons (Fsp3) is 0.556. The van der Waals surface area contributed by atoms with Crippen molar-refractivity contribution in [3.8, 4) is 11.1 Å². The summed E-state index contributed by atoms with van der Waals surface area (Å²) >= 11 is 6.64. The molecule has 2 N–H and O–H groups in total. The van der Waals surface area contributed by atoms with Gasteiger partial charge in [0.05, 0.1) is 29.9 Å². The first-order valence-electron chi connectivity index (χ1n) is 16.6. The van der Waals surface area contributed by atoms with E-state index in [0.717, 1.165) is 49.4 Å². The van der Waals surface area contributed by atoms with E-state index in [4.69, 9.17) is 26.3 Å². The van der Waals surface area contributed by atoms with Gasteiger partial charge in [-0.1, -0.05) is 51.8 Å². The number of aromatic nitrogens is 3. The normalized spacial score (nSPS) is 22.7. The number of benzene rings is 1. The Morgan fingerprint density at radius 2 is 1.91 bits per heavy atom. The van der Waals surface area contributed by atoms with Gasteiger partial charge in [-0.2, -0.15) is 8.78 Å². The second-order valence-corrected chi connectivity index (χ2v) is 13.8. The first kappa shape index (κ1) is 35.2. The largest absolute Gasteiger partial charge is 0.390 e. The van der Waals surface area contributed by atoms with Crippen molar-refractivity contribution < 1.29 is 23.0 Å². The molecule has 11 heteroatoms. The number of alkyl halides is 2. The van der Waals surface area contributed by atoms with E-state index in [9.17, 15) is 13.9 Å². The molecule has 0 saturated carbocycles. The summed E-state index contributed by atoms with van der Waals surface area (Å²) in [7, 11) is 0. The number of halogens is 4. The van der Waals surface area contributed by atoms with E-state index in [0.29, 0.717) is 58.7 Å². The van der Waals surface area contributed by atoms with Crippen molar-refractivity contribution in [1.29, 1.82) is 0 Å². The monoisotopic (exact) mass is 671 g/mol. The molecule has 0 bridgehead atoms. The van der Waals surface area contributed by atoms with Gasteiger partial charge >= 0.3 is 5.92 Å². The highest BCUT2D eigenvalue weighted by atomic mass is 35.5. The first-order valence-corrected chi connectivity index (χ1v) is 17.0. The molecule has 5 rings (SSSR count). The van der Waals surface area contributed by atoms with Crippen molar-refractivity contribution in [3.63, 3.8) is 0 Å². The molecular formula is C36H45ClF3N5O2. The minimum Gasteiger partial charge on any atom is -0.390 e. The van der Waals surface area contributed by atoms with E-state index in [1.54, 1.807) is 0 Å². The van der Waals surface area contributed by atoms with Gasteiger partial charge in [0, 0.05) is 36.2 Å². The molecular weight excluding hydrogens is 627 g/mol. The number of aliphatic hydroxyl groups is 1. The number of anilines is 1. The third-order valence-corrected chi connectivity index (χ3v) is 10.0. The lowest BCUT2D eigenvalue weighted by molar-refractivity contribution is -0.0264. The second-order valence-electron chi connectivity index (χ2n) is 13.4. The molecule has 1 aliphatic heterocycles. The molecule has 1 fully saturated rings. The van der Waals surface area contributed by atoms with E-state index >= 15 is 4.39 Å². The minimum absolute atomic E-state index is 0.174. The Bertz CT molecular complexity index is 1600. The van der Waals surface area contributed by atoms with Crippen molar-refractivity contribution in [2.75, 3.05) is 11.9 Å². The number of nitrogens with zero attached hydrogens (tertiary/aromatic N) is 4.